The number of fused-ring (bicyclic) bond motifs is 1. The van der Waals surface area contributed by atoms with Crippen LogP contribution < -0.4 is 5.73 Å². The number of hydrogen-bond donors (Lipinski definition) is 4. The number of rotatable bonds is 4. The molecule has 0 radical (unpaired) electrons. The lowest BCUT2D eigenvalue weighted by atomic mass is 10.1. The van der Waals surface area contributed by atoms with E-state index in [0.717, 1.165) is 5.75 Å². The van der Waals surface area contributed by atoms with Crippen LogP contribution in [0.2, 0.25) is 0 Å². The molecule has 1 fully saturated rings. The van der Waals surface area contributed by atoms with E-state index in [4.69, 9.17) is 10.5 Å². The third-order valence-electron chi connectivity index (χ3n) is 3.48. The van der Waals surface area contributed by atoms with Crippen LogP contribution in [-0.2, 0) is 4.74 Å². The molecule has 3 rings (SSSR count). The van der Waals surface area contributed by atoms with Gasteiger partial charge in [0.15, 0.2) is 11.9 Å². The van der Waals surface area contributed by atoms with Crippen molar-refractivity contribution in [2.45, 2.75) is 36.5 Å². The Bertz CT molecular complexity index is 681. The summed E-state index contributed by atoms with van der Waals surface area (Å²) in [7, 11) is 0. The van der Waals surface area contributed by atoms with Gasteiger partial charge in [-0.1, -0.05) is 6.92 Å². The number of aromatic nitrogens is 4. The summed E-state index contributed by atoms with van der Waals surface area (Å²) >= 11 is 1.48. The number of nitrogens with two attached hydrogens (primary N) is 1. The number of aliphatic hydroxyl groups is 3. The molecule has 4 atom stereocenters. The first-order valence-electron chi connectivity index (χ1n) is 6.82. The van der Waals surface area contributed by atoms with Crippen molar-refractivity contribution in [3.8, 4) is 0 Å². The van der Waals surface area contributed by atoms with Crippen molar-refractivity contribution in [2.24, 2.45) is 0 Å². The van der Waals surface area contributed by atoms with Crippen molar-refractivity contribution in [3.63, 3.8) is 0 Å². The van der Waals surface area contributed by atoms with Crippen LogP contribution in [-0.4, -0.2) is 65.5 Å². The molecule has 120 valence electrons. The molecule has 5 N–H and O–H groups in total. The van der Waals surface area contributed by atoms with Crippen LogP contribution in [0.1, 0.15) is 13.2 Å². The van der Waals surface area contributed by atoms with E-state index in [1.807, 2.05) is 6.92 Å². The molecule has 3 heterocycles. The fourth-order valence-electron chi connectivity index (χ4n) is 2.44. The fourth-order valence-corrected chi connectivity index (χ4v) is 3.15. The van der Waals surface area contributed by atoms with Crippen LogP contribution in [0.4, 0.5) is 5.95 Å². The van der Waals surface area contributed by atoms with Crippen molar-refractivity contribution >= 4 is 28.9 Å². The number of aliphatic hydroxyl groups excluding tert-OH is 3. The highest BCUT2D eigenvalue weighted by Crippen LogP contribution is 2.33. The van der Waals surface area contributed by atoms with Gasteiger partial charge in [0.25, 0.3) is 0 Å². The number of nitrogens with zero attached hydrogens (tertiary/aromatic N) is 4. The van der Waals surface area contributed by atoms with E-state index in [2.05, 4.69) is 15.0 Å². The minimum Gasteiger partial charge on any atom is -0.394 e. The highest BCUT2D eigenvalue weighted by atomic mass is 32.2. The number of imidazole rings is 1. The van der Waals surface area contributed by atoms with Crippen LogP contribution in [0.5, 0.6) is 0 Å². The van der Waals surface area contributed by atoms with Crippen LogP contribution in [0, 0.1) is 0 Å². The van der Waals surface area contributed by atoms with Crippen LogP contribution >= 0.6 is 11.8 Å². The number of nitrogen functional groups attached to an aromatic ring is 1. The van der Waals surface area contributed by atoms with Gasteiger partial charge in [-0.05, 0) is 5.75 Å². The SMILES string of the molecule is CCSc1nc(N)nc2c1ncn2[C@@H]1O[C@H](CO)[C@@H](O)[C@H]1O. The highest BCUT2D eigenvalue weighted by Gasteiger charge is 2.44. The molecule has 0 aliphatic carbocycles. The Hall–Kier alpha value is -1.46. The lowest BCUT2D eigenvalue weighted by molar-refractivity contribution is -0.0511. The summed E-state index contributed by atoms with van der Waals surface area (Å²) < 4.78 is 6.99. The van der Waals surface area contributed by atoms with E-state index in [1.165, 1.54) is 22.7 Å². The molecule has 0 saturated carbocycles. The zero-order valence-electron chi connectivity index (χ0n) is 11.8. The fraction of sp³-hybridized carbons (Fsp3) is 0.583. The zero-order chi connectivity index (χ0) is 15.9. The molecule has 2 aromatic heterocycles. The second kappa shape index (κ2) is 5.97. The smallest absolute Gasteiger partial charge is 0.223 e. The molecule has 9 nitrogen and oxygen atoms in total. The van der Waals surface area contributed by atoms with Gasteiger partial charge in [0.05, 0.1) is 12.9 Å². The maximum Gasteiger partial charge on any atom is 0.223 e. The summed E-state index contributed by atoms with van der Waals surface area (Å²) in [5.74, 6) is 0.892. The largest absolute Gasteiger partial charge is 0.394 e. The van der Waals surface area contributed by atoms with Gasteiger partial charge in [0.1, 0.15) is 28.9 Å². The van der Waals surface area contributed by atoms with Crippen molar-refractivity contribution < 1.29 is 20.1 Å². The Morgan fingerprint density at radius 2 is 2.14 bits per heavy atom. The Morgan fingerprint density at radius 1 is 1.36 bits per heavy atom. The molecule has 0 amide bonds. The van der Waals surface area contributed by atoms with Crippen LogP contribution in [0.15, 0.2) is 11.4 Å². The number of ether oxygens (including phenoxy) is 1. The maximum atomic E-state index is 10.1. The molecular weight excluding hydrogens is 310 g/mol. The minimum atomic E-state index is -1.20. The summed E-state index contributed by atoms with van der Waals surface area (Å²) in [5.41, 5.74) is 6.70. The second-order valence-electron chi connectivity index (χ2n) is 4.87. The highest BCUT2D eigenvalue weighted by molar-refractivity contribution is 7.99. The van der Waals surface area contributed by atoms with Crippen molar-refractivity contribution in [1.29, 1.82) is 0 Å². The predicted octanol–water partition coefficient (Wildman–Crippen LogP) is -0.868. The molecule has 1 aliphatic rings. The second-order valence-corrected chi connectivity index (χ2v) is 6.13. The monoisotopic (exact) mass is 327 g/mol. The number of hydrogen-bond acceptors (Lipinski definition) is 9. The Morgan fingerprint density at radius 3 is 2.77 bits per heavy atom. The average Bonchev–Trinajstić information content (AvgIpc) is 3.02. The molecule has 0 bridgehead atoms. The van der Waals surface area contributed by atoms with E-state index < -0.39 is 31.1 Å². The Labute approximate surface area is 130 Å². The summed E-state index contributed by atoms with van der Waals surface area (Å²) in [6.45, 7) is 1.59. The first-order chi connectivity index (χ1) is 10.6. The third kappa shape index (κ3) is 2.42. The lowest BCUT2D eigenvalue weighted by Gasteiger charge is -2.16. The molecule has 0 aromatic carbocycles. The molecule has 2 aromatic rings. The summed E-state index contributed by atoms with van der Waals surface area (Å²) in [6, 6.07) is 0. The van der Waals surface area contributed by atoms with Gasteiger partial charge in [-0.2, -0.15) is 4.98 Å². The topological polar surface area (TPSA) is 140 Å². The van der Waals surface area contributed by atoms with E-state index in [1.54, 1.807) is 0 Å². The first-order valence-corrected chi connectivity index (χ1v) is 7.80. The minimum absolute atomic E-state index is 0.0944. The van der Waals surface area contributed by atoms with Crippen molar-refractivity contribution in [3.05, 3.63) is 6.33 Å². The van der Waals surface area contributed by atoms with Gasteiger partial charge >= 0.3 is 0 Å². The molecular formula is C12H17N5O4S. The van der Waals surface area contributed by atoms with Gasteiger partial charge in [0.2, 0.25) is 5.95 Å². The zero-order valence-corrected chi connectivity index (χ0v) is 12.6. The quantitative estimate of drug-likeness (QED) is 0.417. The van der Waals surface area contributed by atoms with Gasteiger partial charge in [-0.15, -0.1) is 11.8 Å². The van der Waals surface area contributed by atoms with E-state index in [0.29, 0.717) is 16.2 Å². The van der Waals surface area contributed by atoms with Crippen LogP contribution in [0.3, 0.4) is 0 Å². The summed E-state index contributed by atoms with van der Waals surface area (Å²) in [6.07, 6.45) is -2.69. The molecule has 1 saturated heterocycles. The van der Waals surface area contributed by atoms with Gasteiger partial charge in [0, 0.05) is 0 Å². The number of anilines is 1. The van der Waals surface area contributed by atoms with Gasteiger partial charge in [-0.25, -0.2) is 9.97 Å². The van der Waals surface area contributed by atoms with E-state index in [-0.39, 0.29) is 5.95 Å². The molecule has 0 spiro atoms. The van der Waals surface area contributed by atoms with Gasteiger partial charge < -0.3 is 25.8 Å². The summed E-state index contributed by atoms with van der Waals surface area (Å²) in [4.78, 5) is 12.6. The van der Waals surface area contributed by atoms with Crippen molar-refractivity contribution in [1.82, 2.24) is 19.5 Å². The predicted molar refractivity (Wildman–Crippen MR) is 79.1 cm³/mol. The Kier molecular flexibility index (Phi) is 4.19. The summed E-state index contributed by atoms with van der Waals surface area (Å²) in [5, 5.41) is 29.8. The van der Waals surface area contributed by atoms with E-state index in [9.17, 15) is 15.3 Å². The normalized spacial score (nSPS) is 28.5. The number of thioether (sulfide) groups is 1. The van der Waals surface area contributed by atoms with Crippen molar-refractivity contribution in [2.75, 3.05) is 18.1 Å². The molecule has 0 unspecified atom stereocenters. The van der Waals surface area contributed by atoms with Crippen LogP contribution in [0.25, 0.3) is 11.2 Å². The third-order valence-corrected chi connectivity index (χ3v) is 4.33. The average molecular weight is 327 g/mol. The Balaban J connectivity index is 2.05. The molecule has 1 aliphatic heterocycles. The molecule has 10 heteroatoms. The van der Waals surface area contributed by atoms with E-state index >= 15 is 0 Å². The molecule has 22 heavy (non-hydrogen) atoms. The first kappa shape index (κ1) is 15.4. The van der Waals surface area contributed by atoms with Gasteiger partial charge in [-0.3, -0.25) is 4.57 Å². The lowest BCUT2D eigenvalue weighted by Crippen LogP contribution is -2.33. The maximum absolute atomic E-state index is 10.1. The standard InChI is InChI=1S/C12H17N5O4S/c1-2-22-10-6-9(15-12(13)16-10)17(4-14-6)11-8(20)7(19)5(3-18)21-11/h4-5,7-8,11,18-20H,2-3H2,1H3,(H2,13,15,16)/t5-,7-,8-,11-/m1/s1.